The van der Waals surface area contributed by atoms with Gasteiger partial charge in [-0.3, -0.25) is 4.98 Å². The molecule has 2 rings (SSSR count). The molecule has 0 bridgehead atoms. The zero-order valence-electron chi connectivity index (χ0n) is 11.2. The van der Waals surface area contributed by atoms with Crippen LogP contribution in [0.4, 0.5) is 5.69 Å². The third kappa shape index (κ3) is 4.58. The Morgan fingerprint density at radius 1 is 1.15 bits per heavy atom. The summed E-state index contributed by atoms with van der Waals surface area (Å²) >= 11 is 13.6. The molecule has 0 amide bonds. The molecule has 5 heteroatoms. The maximum Gasteiger partial charge on any atom is 0.0603 e. The summed E-state index contributed by atoms with van der Waals surface area (Å²) in [6, 6.07) is 9.74. The van der Waals surface area contributed by atoms with Gasteiger partial charge in [0.05, 0.1) is 15.7 Å². The van der Waals surface area contributed by atoms with Crippen molar-refractivity contribution in [3.05, 3.63) is 52.3 Å². The Labute approximate surface area is 133 Å². The molecule has 0 aliphatic heterocycles. The van der Waals surface area contributed by atoms with Crippen molar-refractivity contribution in [2.45, 2.75) is 24.0 Å². The van der Waals surface area contributed by atoms with Crippen LogP contribution in [0, 0.1) is 0 Å². The molecule has 0 radical (unpaired) electrons. The number of rotatable bonds is 6. The predicted octanol–water partition coefficient (Wildman–Crippen LogP) is 5.50. The second-order valence-corrected chi connectivity index (χ2v) is 6.19. The molecule has 0 aliphatic rings. The van der Waals surface area contributed by atoms with E-state index in [1.54, 1.807) is 11.8 Å². The molecular formula is C15H16Cl2N2S. The highest BCUT2D eigenvalue weighted by molar-refractivity contribution is 7.98. The Balaban J connectivity index is 1.97. The quantitative estimate of drug-likeness (QED) is 0.709. The zero-order chi connectivity index (χ0) is 14.4. The zero-order valence-corrected chi connectivity index (χ0v) is 13.5. The van der Waals surface area contributed by atoms with Crippen molar-refractivity contribution in [2.24, 2.45) is 0 Å². The molecule has 2 aromatic rings. The number of hydrogen-bond acceptors (Lipinski definition) is 3. The fraction of sp³-hybridized carbons (Fsp3) is 0.267. The summed E-state index contributed by atoms with van der Waals surface area (Å²) in [5.41, 5.74) is 2.16. The van der Waals surface area contributed by atoms with Crippen molar-refractivity contribution < 1.29 is 0 Å². The number of halogens is 2. The number of hydrogen-bond donors (Lipinski definition) is 1. The Bertz CT molecular complexity index is 576. The van der Waals surface area contributed by atoms with Crippen LogP contribution < -0.4 is 5.32 Å². The lowest BCUT2D eigenvalue weighted by atomic mass is 10.3. The first-order valence-corrected chi connectivity index (χ1v) is 8.20. The molecule has 0 saturated carbocycles. The molecule has 20 heavy (non-hydrogen) atoms. The first-order valence-electron chi connectivity index (χ1n) is 6.45. The Morgan fingerprint density at radius 2 is 2.00 bits per heavy atom. The average Bonchev–Trinajstić information content (AvgIpc) is 2.47. The summed E-state index contributed by atoms with van der Waals surface area (Å²) in [6.45, 7) is 3.12. The van der Waals surface area contributed by atoms with Gasteiger partial charge in [-0.25, -0.2) is 0 Å². The Hall–Kier alpha value is -0.900. The largest absolute Gasteiger partial charge is 0.385 e. The summed E-state index contributed by atoms with van der Waals surface area (Å²) in [4.78, 5) is 5.47. The fourth-order valence-corrected chi connectivity index (χ4v) is 2.86. The van der Waals surface area contributed by atoms with E-state index in [0.29, 0.717) is 10.0 Å². The second-order valence-electron chi connectivity index (χ2n) is 4.33. The molecule has 0 saturated heterocycles. The highest BCUT2D eigenvalue weighted by Gasteiger charge is 2.02. The van der Waals surface area contributed by atoms with Gasteiger partial charge in [0.1, 0.15) is 0 Å². The normalized spacial score (nSPS) is 10.6. The summed E-state index contributed by atoms with van der Waals surface area (Å²) in [5, 5.41) is 4.53. The molecule has 2 nitrogen and oxygen atoms in total. The number of pyridine rings is 1. The molecule has 1 aromatic heterocycles. The van der Waals surface area contributed by atoms with Crippen LogP contribution >= 0.6 is 35.0 Å². The molecule has 0 fully saturated rings. The number of benzene rings is 1. The van der Waals surface area contributed by atoms with Crippen LogP contribution in [0.1, 0.15) is 19.0 Å². The van der Waals surface area contributed by atoms with Crippen LogP contribution in [0.25, 0.3) is 0 Å². The van der Waals surface area contributed by atoms with Gasteiger partial charge in [-0.05, 0) is 36.8 Å². The monoisotopic (exact) mass is 326 g/mol. The maximum atomic E-state index is 6.01. The topological polar surface area (TPSA) is 24.9 Å². The van der Waals surface area contributed by atoms with Gasteiger partial charge in [-0.2, -0.15) is 0 Å². The van der Waals surface area contributed by atoms with Gasteiger partial charge in [-0.15, -0.1) is 11.8 Å². The van der Waals surface area contributed by atoms with Crippen LogP contribution in [-0.4, -0.2) is 11.5 Å². The van der Waals surface area contributed by atoms with Gasteiger partial charge in [0.25, 0.3) is 0 Å². The van der Waals surface area contributed by atoms with Crippen molar-refractivity contribution in [3.8, 4) is 0 Å². The highest BCUT2D eigenvalue weighted by Crippen LogP contribution is 2.29. The van der Waals surface area contributed by atoms with Gasteiger partial charge in [0.2, 0.25) is 0 Å². The van der Waals surface area contributed by atoms with Crippen molar-refractivity contribution in [1.82, 2.24) is 4.98 Å². The highest BCUT2D eigenvalue weighted by atomic mass is 35.5. The summed E-state index contributed by atoms with van der Waals surface area (Å²) in [6.07, 6.45) is 2.94. The molecule has 106 valence electrons. The van der Waals surface area contributed by atoms with E-state index in [0.717, 1.165) is 35.0 Å². The first kappa shape index (κ1) is 15.5. The Morgan fingerprint density at radius 3 is 2.75 bits per heavy atom. The van der Waals surface area contributed by atoms with E-state index in [-0.39, 0.29) is 0 Å². The summed E-state index contributed by atoms with van der Waals surface area (Å²) < 4.78 is 0. The molecular weight excluding hydrogens is 311 g/mol. The van der Waals surface area contributed by atoms with Crippen LogP contribution in [0.3, 0.4) is 0 Å². The lowest BCUT2D eigenvalue weighted by Gasteiger charge is -2.07. The van der Waals surface area contributed by atoms with E-state index < -0.39 is 0 Å². The van der Waals surface area contributed by atoms with Crippen LogP contribution in [0.15, 0.2) is 41.4 Å². The van der Waals surface area contributed by atoms with Gasteiger partial charge in [0.15, 0.2) is 0 Å². The van der Waals surface area contributed by atoms with Gasteiger partial charge >= 0.3 is 0 Å². The lowest BCUT2D eigenvalue weighted by molar-refractivity contribution is 0.977. The summed E-state index contributed by atoms with van der Waals surface area (Å²) in [7, 11) is 0. The van der Waals surface area contributed by atoms with Gasteiger partial charge in [-0.1, -0.05) is 30.1 Å². The minimum absolute atomic E-state index is 0.583. The number of nitrogens with one attached hydrogen (secondary N) is 1. The molecule has 1 heterocycles. The molecule has 0 unspecified atom stereocenters. The molecule has 0 spiro atoms. The second kappa shape index (κ2) is 7.77. The SMILES string of the molecule is CCCNc1ccnc(CSc2ccc(Cl)c(Cl)c2)c1. The van der Waals surface area contributed by atoms with E-state index in [1.165, 1.54) is 0 Å². The predicted molar refractivity (Wildman–Crippen MR) is 89.0 cm³/mol. The molecule has 1 aromatic carbocycles. The number of aromatic nitrogens is 1. The van der Waals surface area contributed by atoms with Crippen molar-refractivity contribution >= 4 is 40.7 Å². The van der Waals surface area contributed by atoms with Gasteiger partial charge in [0, 0.05) is 29.1 Å². The molecule has 0 aliphatic carbocycles. The van der Waals surface area contributed by atoms with E-state index in [1.807, 2.05) is 30.5 Å². The van der Waals surface area contributed by atoms with E-state index in [9.17, 15) is 0 Å². The Kier molecular flexibility index (Phi) is 6.02. The van der Waals surface area contributed by atoms with Gasteiger partial charge < -0.3 is 5.32 Å². The number of anilines is 1. The minimum atomic E-state index is 0.583. The van der Waals surface area contributed by atoms with Crippen molar-refractivity contribution in [2.75, 3.05) is 11.9 Å². The first-order chi connectivity index (χ1) is 9.69. The van der Waals surface area contributed by atoms with E-state index >= 15 is 0 Å². The standard InChI is InChI=1S/C15H16Cl2N2S/c1-2-6-18-11-5-7-19-12(8-11)10-20-13-3-4-14(16)15(17)9-13/h3-5,7-9H,2,6,10H2,1H3,(H,18,19). The number of nitrogens with zero attached hydrogens (tertiary/aromatic N) is 1. The smallest absolute Gasteiger partial charge is 0.0603 e. The molecule has 1 N–H and O–H groups in total. The van der Waals surface area contributed by atoms with Crippen LogP contribution in [0.2, 0.25) is 10.0 Å². The van der Waals surface area contributed by atoms with Crippen molar-refractivity contribution in [3.63, 3.8) is 0 Å². The van der Waals surface area contributed by atoms with Crippen LogP contribution in [0.5, 0.6) is 0 Å². The minimum Gasteiger partial charge on any atom is -0.385 e. The maximum absolute atomic E-state index is 6.01. The summed E-state index contributed by atoms with van der Waals surface area (Å²) in [5.74, 6) is 0.805. The van der Waals surface area contributed by atoms with Crippen molar-refractivity contribution in [1.29, 1.82) is 0 Å². The molecule has 0 atom stereocenters. The average molecular weight is 327 g/mol. The van der Waals surface area contributed by atoms with Crippen LogP contribution in [-0.2, 0) is 5.75 Å². The van der Waals surface area contributed by atoms with E-state index in [2.05, 4.69) is 23.3 Å². The number of thioether (sulfide) groups is 1. The lowest BCUT2D eigenvalue weighted by Crippen LogP contribution is -2.00. The van der Waals surface area contributed by atoms with E-state index in [4.69, 9.17) is 23.2 Å². The third-order valence-corrected chi connectivity index (χ3v) is 4.44. The fourth-order valence-electron chi connectivity index (χ4n) is 1.66. The third-order valence-electron chi connectivity index (χ3n) is 2.67.